The number of aliphatic hydroxyl groups is 2. The summed E-state index contributed by atoms with van der Waals surface area (Å²) in [5.74, 6) is -0.523. The fourth-order valence-corrected chi connectivity index (χ4v) is 7.48. The summed E-state index contributed by atoms with van der Waals surface area (Å²) in [5, 5.41) is 23.8. The maximum atomic E-state index is 13.2. The SMILES string of the molecule is CCCC/C=C\CCCCCCCC(=O)OC(CCCCC/C=C/C=C/C=C/C=C/CCCCC)CC(=O)NC(CO)C(O)CCCCCCCCCCCCCCCC. The van der Waals surface area contributed by atoms with Crippen LogP contribution in [0, 0.1) is 0 Å². The highest BCUT2D eigenvalue weighted by atomic mass is 16.5. The summed E-state index contributed by atoms with van der Waals surface area (Å²) in [6.07, 6.45) is 58.4. The van der Waals surface area contributed by atoms with Crippen LogP contribution in [0.4, 0.5) is 0 Å². The minimum absolute atomic E-state index is 0.0474. The summed E-state index contributed by atoms with van der Waals surface area (Å²) in [5.41, 5.74) is 0. The van der Waals surface area contributed by atoms with Crippen molar-refractivity contribution in [3.8, 4) is 0 Å². The van der Waals surface area contributed by atoms with E-state index < -0.39 is 18.2 Å². The molecule has 60 heavy (non-hydrogen) atoms. The van der Waals surface area contributed by atoms with Crippen LogP contribution in [0.1, 0.15) is 245 Å². The minimum Gasteiger partial charge on any atom is -0.462 e. The molecule has 0 rings (SSSR count). The van der Waals surface area contributed by atoms with Gasteiger partial charge in [-0.05, 0) is 70.6 Å². The van der Waals surface area contributed by atoms with Gasteiger partial charge >= 0.3 is 5.97 Å². The Balaban J connectivity index is 4.67. The van der Waals surface area contributed by atoms with Gasteiger partial charge in [0.1, 0.15) is 6.10 Å². The van der Waals surface area contributed by atoms with Crippen LogP contribution in [-0.2, 0) is 14.3 Å². The summed E-state index contributed by atoms with van der Waals surface area (Å²) < 4.78 is 5.90. The molecule has 3 N–H and O–H groups in total. The van der Waals surface area contributed by atoms with Crippen LogP contribution in [0.3, 0.4) is 0 Å². The van der Waals surface area contributed by atoms with E-state index in [9.17, 15) is 19.8 Å². The van der Waals surface area contributed by atoms with E-state index in [4.69, 9.17) is 4.74 Å². The fourth-order valence-electron chi connectivity index (χ4n) is 7.48. The highest BCUT2D eigenvalue weighted by Crippen LogP contribution is 2.17. The number of hydrogen-bond acceptors (Lipinski definition) is 5. The second kappa shape index (κ2) is 47.6. The third kappa shape index (κ3) is 42.3. The molecule has 0 aromatic heterocycles. The van der Waals surface area contributed by atoms with E-state index >= 15 is 0 Å². The monoisotopic (exact) mass is 840 g/mol. The number of ether oxygens (including phenoxy) is 1. The summed E-state index contributed by atoms with van der Waals surface area (Å²) in [6, 6.07) is -0.717. The number of carbonyl (C=O) groups excluding carboxylic acids is 2. The third-order valence-corrected chi connectivity index (χ3v) is 11.4. The quantitative estimate of drug-likeness (QED) is 0.0246. The molecule has 0 saturated carbocycles. The minimum atomic E-state index is -0.801. The number of nitrogens with one attached hydrogen (secondary N) is 1. The molecule has 0 fully saturated rings. The van der Waals surface area contributed by atoms with E-state index in [0.717, 1.165) is 77.0 Å². The van der Waals surface area contributed by atoms with Crippen molar-refractivity contribution in [3.63, 3.8) is 0 Å². The number of amides is 1. The van der Waals surface area contributed by atoms with Crippen molar-refractivity contribution in [2.45, 2.75) is 264 Å². The molecule has 348 valence electrons. The molecule has 0 aliphatic heterocycles. The van der Waals surface area contributed by atoms with Crippen molar-refractivity contribution in [2.24, 2.45) is 0 Å². The Morgan fingerprint density at radius 2 is 0.883 bits per heavy atom. The Morgan fingerprint density at radius 3 is 1.43 bits per heavy atom. The molecule has 0 heterocycles. The second-order valence-electron chi connectivity index (χ2n) is 17.3. The molecule has 0 aliphatic rings. The molecule has 0 aliphatic carbocycles. The van der Waals surface area contributed by atoms with Gasteiger partial charge in [0.05, 0.1) is 25.2 Å². The number of carbonyl (C=O) groups is 2. The van der Waals surface area contributed by atoms with Crippen LogP contribution in [0.15, 0.2) is 60.8 Å². The summed E-state index contributed by atoms with van der Waals surface area (Å²) in [6.45, 7) is 6.40. The van der Waals surface area contributed by atoms with Gasteiger partial charge < -0.3 is 20.3 Å². The molecular weight excluding hydrogens is 743 g/mol. The lowest BCUT2D eigenvalue weighted by Crippen LogP contribution is -2.46. The molecule has 1 amide bonds. The van der Waals surface area contributed by atoms with Gasteiger partial charge in [-0.3, -0.25) is 9.59 Å². The van der Waals surface area contributed by atoms with Crippen LogP contribution in [0.2, 0.25) is 0 Å². The first-order valence-electron chi connectivity index (χ1n) is 25.6. The normalized spacial score (nSPS) is 13.8. The zero-order valence-electron chi connectivity index (χ0n) is 39.6. The zero-order chi connectivity index (χ0) is 43.8. The van der Waals surface area contributed by atoms with Gasteiger partial charge in [-0.2, -0.15) is 0 Å². The summed E-state index contributed by atoms with van der Waals surface area (Å²) in [7, 11) is 0. The van der Waals surface area contributed by atoms with Gasteiger partial charge in [-0.25, -0.2) is 0 Å². The fraction of sp³-hybridized carbons (Fsp3) is 0.778. The maximum absolute atomic E-state index is 13.2. The van der Waals surface area contributed by atoms with E-state index in [1.54, 1.807) is 0 Å². The van der Waals surface area contributed by atoms with Crippen LogP contribution in [0.5, 0.6) is 0 Å². The molecular formula is C54H97NO5. The smallest absolute Gasteiger partial charge is 0.306 e. The maximum Gasteiger partial charge on any atom is 0.306 e. The molecule has 0 bridgehead atoms. The van der Waals surface area contributed by atoms with E-state index in [1.807, 2.05) is 6.08 Å². The Labute approximate surface area is 371 Å². The topological polar surface area (TPSA) is 95.9 Å². The van der Waals surface area contributed by atoms with E-state index in [2.05, 4.69) is 80.8 Å². The number of rotatable bonds is 45. The number of esters is 1. The first-order valence-corrected chi connectivity index (χ1v) is 25.6. The van der Waals surface area contributed by atoms with Crippen molar-refractivity contribution in [1.29, 1.82) is 0 Å². The Kier molecular flexibility index (Phi) is 45.7. The number of unbranched alkanes of at least 4 members (excludes halogenated alkanes) is 26. The number of allylic oxidation sites excluding steroid dienone is 10. The van der Waals surface area contributed by atoms with Crippen LogP contribution in [-0.4, -0.2) is 46.9 Å². The highest BCUT2D eigenvalue weighted by Gasteiger charge is 2.24. The van der Waals surface area contributed by atoms with Gasteiger partial charge in [0.25, 0.3) is 0 Å². The van der Waals surface area contributed by atoms with Gasteiger partial charge in [0.15, 0.2) is 0 Å². The predicted molar refractivity (Wildman–Crippen MR) is 259 cm³/mol. The van der Waals surface area contributed by atoms with E-state index in [1.165, 1.54) is 122 Å². The Hall–Kier alpha value is -2.44. The Morgan fingerprint density at radius 1 is 0.483 bits per heavy atom. The van der Waals surface area contributed by atoms with Gasteiger partial charge in [-0.15, -0.1) is 0 Å². The molecule has 0 aromatic carbocycles. The average molecular weight is 840 g/mol. The lowest BCUT2D eigenvalue weighted by molar-refractivity contribution is -0.151. The summed E-state index contributed by atoms with van der Waals surface area (Å²) in [4.78, 5) is 26.1. The highest BCUT2D eigenvalue weighted by molar-refractivity contribution is 5.77. The molecule has 6 heteroatoms. The summed E-state index contributed by atoms with van der Waals surface area (Å²) >= 11 is 0. The van der Waals surface area contributed by atoms with Crippen molar-refractivity contribution in [1.82, 2.24) is 5.32 Å². The lowest BCUT2D eigenvalue weighted by Gasteiger charge is -2.24. The molecule has 0 spiro atoms. The van der Waals surface area contributed by atoms with Crippen molar-refractivity contribution < 1.29 is 24.5 Å². The average Bonchev–Trinajstić information content (AvgIpc) is 3.24. The Bertz CT molecular complexity index is 1080. The first-order chi connectivity index (χ1) is 29.5. The molecule has 0 radical (unpaired) electrons. The van der Waals surface area contributed by atoms with E-state index in [-0.39, 0.29) is 24.9 Å². The standard InChI is InChI=1S/C54H97NO5/c1-4-7-10-13-16-19-22-24-26-27-28-31-33-36-39-42-45-50(60-54(59)47-44-41-38-35-30-21-18-15-12-9-6-3)48-53(58)55-51(49-56)52(57)46-43-40-37-34-32-29-25-23-20-17-14-11-8-5-2/h15-16,18-19,22,24,26-28,31,50-52,56-57H,4-14,17,20-21,23,25,29-30,32-49H2,1-3H3,(H,55,58)/b18-15-,19-16+,24-22+,27-26+,31-28+. The van der Waals surface area contributed by atoms with Crippen molar-refractivity contribution in [3.05, 3.63) is 60.8 Å². The molecule has 3 unspecified atom stereocenters. The van der Waals surface area contributed by atoms with Crippen LogP contribution >= 0.6 is 0 Å². The predicted octanol–water partition coefficient (Wildman–Crippen LogP) is 15.2. The van der Waals surface area contributed by atoms with E-state index in [0.29, 0.717) is 19.3 Å². The van der Waals surface area contributed by atoms with Crippen LogP contribution in [0.25, 0.3) is 0 Å². The number of hydrogen-bond donors (Lipinski definition) is 3. The first kappa shape index (κ1) is 57.6. The van der Waals surface area contributed by atoms with Gasteiger partial charge in [0.2, 0.25) is 5.91 Å². The van der Waals surface area contributed by atoms with Crippen LogP contribution < -0.4 is 5.32 Å². The molecule has 3 atom stereocenters. The zero-order valence-corrected chi connectivity index (χ0v) is 39.6. The lowest BCUT2D eigenvalue weighted by atomic mass is 10.0. The van der Waals surface area contributed by atoms with Gasteiger partial charge in [0, 0.05) is 6.42 Å². The van der Waals surface area contributed by atoms with Gasteiger partial charge in [-0.1, -0.05) is 223 Å². The number of aliphatic hydroxyl groups excluding tert-OH is 2. The molecule has 6 nitrogen and oxygen atoms in total. The van der Waals surface area contributed by atoms with Crippen molar-refractivity contribution in [2.75, 3.05) is 6.61 Å². The molecule has 0 saturated heterocycles. The third-order valence-electron chi connectivity index (χ3n) is 11.4. The van der Waals surface area contributed by atoms with Crippen molar-refractivity contribution >= 4 is 11.9 Å². The second-order valence-corrected chi connectivity index (χ2v) is 17.3. The molecule has 0 aromatic rings. The largest absolute Gasteiger partial charge is 0.462 e.